The van der Waals surface area contributed by atoms with Crippen LogP contribution in [0.5, 0.6) is 5.75 Å². The van der Waals surface area contributed by atoms with Crippen LogP contribution in [0.3, 0.4) is 0 Å². The lowest BCUT2D eigenvalue weighted by atomic mass is 9.85. The molecule has 3 aromatic rings. The predicted molar refractivity (Wildman–Crippen MR) is 144 cm³/mol. The fourth-order valence-corrected chi connectivity index (χ4v) is 6.23. The third-order valence-corrected chi connectivity index (χ3v) is 8.56. The molecule has 0 aromatic heterocycles. The first-order valence-electron chi connectivity index (χ1n) is 12.6. The van der Waals surface area contributed by atoms with Crippen LogP contribution < -0.4 is 4.74 Å². The summed E-state index contributed by atoms with van der Waals surface area (Å²) >= 11 is 10.0. The Hall–Kier alpha value is -2.06. The molecule has 0 amide bonds. The molecule has 5 rings (SSSR count). The zero-order valence-corrected chi connectivity index (χ0v) is 22.6. The van der Waals surface area contributed by atoms with E-state index in [4.69, 9.17) is 11.6 Å². The normalized spacial score (nSPS) is 21.5. The van der Waals surface area contributed by atoms with Crippen molar-refractivity contribution in [1.82, 2.24) is 9.80 Å². The molecule has 3 aromatic carbocycles. The third kappa shape index (κ3) is 6.69. The number of halogens is 5. The molecule has 2 aliphatic heterocycles. The molecule has 0 saturated carbocycles. The SMILES string of the molecule is FC(F)(F)Oc1ccc(C2CCN(CC3CC(c4cccc(Cl)c4)N3Cc3ccccc3Br)CC2)cc1. The maximum Gasteiger partial charge on any atom is 0.573 e. The van der Waals surface area contributed by atoms with Gasteiger partial charge in [0.2, 0.25) is 0 Å². The second-order valence-corrected chi connectivity index (χ2v) is 11.2. The van der Waals surface area contributed by atoms with Gasteiger partial charge in [0.05, 0.1) is 0 Å². The minimum absolute atomic E-state index is 0.168. The van der Waals surface area contributed by atoms with Gasteiger partial charge >= 0.3 is 6.36 Å². The van der Waals surface area contributed by atoms with Crippen LogP contribution in [0.2, 0.25) is 5.02 Å². The molecule has 2 saturated heterocycles. The van der Waals surface area contributed by atoms with E-state index in [1.54, 1.807) is 12.1 Å². The average Bonchev–Trinajstić information content (AvgIpc) is 2.86. The van der Waals surface area contributed by atoms with Crippen LogP contribution in [-0.2, 0) is 6.54 Å². The largest absolute Gasteiger partial charge is 0.573 e. The molecule has 0 bridgehead atoms. The van der Waals surface area contributed by atoms with Crippen LogP contribution >= 0.6 is 27.5 Å². The zero-order valence-electron chi connectivity index (χ0n) is 20.3. The van der Waals surface area contributed by atoms with Gasteiger partial charge in [-0.05, 0) is 85.3 Å². The molecule has 2 atom stereocenters. The number of rotatable bonds is 7. The molecule has 196 valence electrons. The second kappa shape index (κ2) is 11.4. The molecular weight excluding hydrogens is 565 g/mol. The summed E-state index contributed by atoms with van der Waals surface area (Å²) in [4.78, 5) is 5.11. The van der Waals surface area contributed by atoms with Gasteiger partial charge in [0.1, 0.15) is 5.75 Å². The summed E-state index contributed by atoms with van der Waals surface area (Å²) in [5, 5.41) is 0.766. The van der Waals surface area contributed by atoms with Crippen molar-refractivity contribution < 1.29 is 17.9 Å². The second-order valence-electron chi connectivity index (χ2n) is 9.92. The highest BCUT2D eigenvalue weighted by Crippen LogP contribution is 2.42. The molecule has 2 aliphatic rings. The number of likely N-dealkylation sites (tertiary alicyclic amines) is 2. The van der Waals surface area contributed by atoms with Gasteiger partial charge in [0.25, 0.3) is 0 Å². The van der Waals surface area contributed by atoms with Crippen LogP contribution in [0.4, 0.5) is 13.2 Å². The number of hydrogen-bond donors (Lipinski definition) is 0. The average molecular weight is 594 g/mol. The quantitative estimate of drug-likeness (QED) is 0.275. The minimum atomic E-state index is -4.66. The molecule has 0 spiro atoms. The van der Waals surface area contributed by atoms with E-state index < -0.39 is 6.36 Å². The van der Waals surface area contributed by atoms with Crippen LogP contribution in [0.15, 0.2) is 77.3 Å². The Morgan fingerprint density at radius 2 is 1.65 bits per heavy atom. The molecule has 0 aliphatic carbocycles. The van der Waals surface area contributed by atoms with Gasteiger partial charge in [-0.15, -0.1) is 13.2 Å². The number of benzene rings is 3. The molecule has 2 unspecified atom stereocenters. The van der Waals surface area contributed by atoms with Gasteiger partial charge in [0.15, 0.2) is 0 Å². The molecule has 37 heavy (non-hydrogen) atoms. The minimum Gasteiger partial charge on any atom is -0.406 e. The van der Waals surface area contributed by atoms with Crippen LogP contribution in [0, 0.1) is 0 Å². The van der Waals surface area contributed by atoms with Gasteiger partial charge < -0.3 is 9.64 Å². The summed E-state index contributed by atoms with van der Waals surface area (Å²) < 4.78 is 42.5. The lowest BCUT2D eigenvalue weighted by Gasteiger charge is -2.51. The van der Waals surface area contributed by atoms with Crippen molar-refractivity contribution in [2.75, 3.05) is 19.6 Å². The lowest BCUT2D eigenvalue weighted by Crippen LogP contribution is -2.55. The van der Waals surface area contributed by atoms with Gasteiger partial charge in [0, 0.05) is 34.7 Å². The molecule has 8 heteroatoms. The molecule has 0 radical (unpaired) electrons. The fraction of sp³-hybridized carbons (Fsp3) is 0.379. The lowest BCUT2D eigenvalue weighted by molar-refractivity contribution is -0.274. The maximum absolute atomic E-state index is 12.4. The number of piperidine rings is 1. The third-order valence-electron chi connectivity index (χ3n) is 7.55. The molecule has 2 heterocycles. The van der Waals surface area contributed by atoms with E-state index in [0.29, 0.717) is 18.0 Å². The van der Waals surface area contributed by atoms with Crippen LogP contribution in [-0.4, -0.2) is 41.8 Å². The Morgan fingerprint density at radius 3 is 2.32 bits per heavy atom. The van der Waals surface area contributed by atoms with Gasteiger partial charge in [-0.25, -0.2) is 0 Å². The highest BCUT2D eigenvalue weighted by Gasteiger charge is 2.40. The fourth-order valence-electron chi connectivity index (χ4n) is 5.62. The van der Waals surface area contributed by atoms with Crippen molar-refractivity contribution in [3.8, 4) is 5.75 Å². The topological polar surface area (TPSA) is 15.7 Å². The first-order valence-corrected chi connectivity index (χ1v) is 13.7. The predicted octanol–water partition coefficient (Wildman–Crippen LogP) is 8.20. The van der Waals surface area contributed by atoms with E-state index in [0.717, 1.165) is 60.5 Å². The Bertz CT molecular complexity index is 1200. The van der Waals surface area contributed by atoms with E-state index in [-0.39, 0.29) is 5.75 Å². The Labute approximate surface area is 229 Å². The van der Waals surface area contributed by atoms with Gasteiger partial charge in [-0.3, -0.25) is 4.90 Å². The summed E-state index contributed by atoms with van der Waals surface area (Å²) in [6, 6.07) is 23.7. The Balaban J connectivity index is 1.20. The van der Waals surface area contributed by atoms with Gasteiger partial charge in [-0.1, -0.05) is 70.0 Å². The number of nitrogens with zero attached hydrogens (tertiary/aromatic N) is 2. The summed E-state index contributed by atoms with van der Waals surface area (Å²) in [5.74, 6) is 0.186. The highest BCUT2D eigenvalue weighted by molar-refractivity contribution is 9.10. The van der Waals surface area contributed by atoms with E-state index in [1.165, 1.54) is 23.3 Å². The van der Waals surface area contributed by atoms with Crippen molar-refractivity contribution >= 4 is 27.5 Å². The standard InChI is InChI=1S/C29H29BrClF3N2O/c30-27-7-2-1-4-23(27)18-36-25(17-28(36)22-5-3-6-24(31)16-22)19-35-14-12-21(13-15-35)20-8-10-26(11-9-20)37-29(32,33)34/h1-11,16,21,25,28H,12-15,17-19H2. The number of alkyl halides is 3. The Morgan fingerprint density at radius 1 is 0.919 bits per heavy atom. The molecule has 0 N–H and O–H groups in total. The number of ether oxygens (including phenoxy) is 1. The zero-order chi connectivity index (χ0) is 26.0. The Kier molecular flexibility index (Phi) is 8.15. The number of hydrogen-bond acceptors (Lipinski definition) is 3. The molecule has 3 nitrogen and oxygen atoms in total. The monoisotopic (exact) mass is 592 g/mol. The van der Waals surface area contributed by atoms with E-state index in [9.17, 15) is 13.2 Å². The summed E-state index contributed by atoms with van der Waals surface area (Å²) in [5.41, 5.74) is 3.61. The molecule has 2 fully saturated rings. The van der Waals surface area contributed by atoms with E-state index in [2.05, 4.69) is 60.8 Å². The smallest absolute Gasteiger partial charge is 0.406 e. The first-order chi connectivity index (χ1) is 17.7. The summed E-state index contributed by atoms with van der Waals surface area (Å²) in [6.45, 7) is 3.83. The molecular formula is C29H29BrClF3N2O. The maximum atomic E-state index is 12.4. The van der Waals surface area contributed by atoms with Crippen molar-refractivity contribution in [2.45, 2.75) is 50.2 Å². The van der Waals surface area contributed by atoms with Crippen molar-refractivity contribution in [2.24, 2.45) is 0 Å². The van der Waals surface area contributed by atoms with Crippen molar-refractivity contribution in [3.63, 3.8) is 0 Å². The van der Waals surface area contributed by atoms with Gasteiger partial charge in [-0.2, -0.15) is 0 Å². The first kappa shape index (κ1) is 26.5. The summed E-state index contributed by atoms with van der Waals surface area (Å²) in [6.07, 6.45) is -1.58. The van der Waals surface area contributed by atoms with Crippen LogP contribution in [0.1, 0.15) is 47.9 Å². The van der Waals surface area contributed by atoms with Crippen molar-refractivity contribution in [3.05, 3.63) is 99.0 Å². The highest BCUT2D eigenvalue weighted by atomic mass is 79.9. The van der Waals surface area contributed by atoms with Crippen LogP contribution in [0.25, 0.3) is 0 Å². The van der Waals surface area contributed by atoms with Crippen molar-refractivity contribution in [1.29, 1.82) is 0 Å². The van der Waals surface area contributed by atoms with E-state index >= 15 is 0 Å². The van der Waals surface area contributed by atoms with E-state index in [1.807, 2.05) is 18.2 Å². The summed E-state index contributed by atoms with van der Waals surface area (Å²) in [7, 11) is 0.